The van der Waals surface area contributed by atoms with Gasteiger partial charge in [-0.25, -0.2) is 4.98 Å². The van der Waals surface area contributed by atoms with Crippen molar-refractivity contribution in [2.75, 3.05) is 13.1 Å². The van der Waals surface area contributed by atoms with Crippen molar-refractivity contribution in [1.29, 1.82) is 0 Å². The van der Waals surface area contributed by atoms with E-state index in [1.54, 1.807) is 6.07 Å². The number of benzene rings is 1. The zero-order valence-corrected chi connectivity index (χ0v) is 13.4. The van der Waals surface area contributed by atoms with Crippen LogP contribution in [0.4, 0.5) is 0 Å². The third kappa shape index (κ3) is 2.63. The molecule has 2 N–H and O–H groups in total. The number of carbonyl (C=O) groups excluding carboxylic acids is 1. The van der Waals surface area contributed by atoms with Gasteiger partial charge in [0.1, 0.15) is 12.0 Å². The van der Waals surface area contributed by atoms with Crippen molar-refractivity contribution in [3.05, 3.63) is 59.2 Å². The van der Waals surface area contributed by atoms with Gasteiger partial charge in [-0.3, -0.25) is 4.79 Å². The molecule has 0 spiro atoms. The Balaban J connectivity index is 1.54. The highest BCUT2D eigenvalue weighted by Crippen LogP contribution is 2.21. The van der Waals surface area contributed by atoms with E-state index in [1.165, 1.54) is 22.0 Å². The Morgan fingerprint density at radius 1 is 1.42 bits per heavy atom. The molecule has 122 valence electrons. The van der Waals surface area contributed by atoms with Crippen molar-refractivity contribution in [1.82, 2.24) is 30.2 Å². The summed E-state index contributed by atoms with van der Waals surface area (Å²) in [5.74, 6) is 0.252. The van der Waals surface area contributed by atoms with Crippen LogP contribution in [0.5, 0.6) is 0 Å². The van der Waals surface area contributed by atoms with Gasteiger partial charge in [-0.1, -0.05) is 24.3 Å². The molecule has 7 nitrogen and oxygen atoms in total. The van der Waals surface area contributed by atoms with Crippen LogP contribution in [0.2, 0.25) is 0 Å². The minimum Gasteiger partial charge on any atom is -0.349 e. The zero-order valence-electron chi connectivity index (χ0n) is 13.4. The molecule has 0 bridgehead atoms. The molecule has 0 fully saturated rings. The summed E-state index contributed by atoms with van der Waals surface area (Å²) < 4.78 is 1.46. The quantitative estimate of drug-likeness (QED) is 0.753. The predicted molar refractivity (Wildman–Crippen MR) is 88.7 cm³/mol. The van der Waals surface area contributed by atoms with Gasteiger partial charge in [0.2, 0.25) is 0 Å². The van der Waals surface area contributed by atoms with Gasteiger partial charge in [0.25, 0.3) is 11.7 Å². The molecule has 0 radical (unpaired) electrons. The number of aromatic nitrogens is 4. The smallest absolute Gasteiger partial charge is 0.270 e. The Morgan fingerprint density at radius 2 is 2.29 bits per heavy atom. The number of rotatable bonds is 3. The van der Waals surface area contributed by atoms with E-state index < -0.39 is 0 Å². The largest absolute Gasteiger partial charge is 0.349 e. The molecule has 1 amide bonds. The lowest BCUT2D eigenvalue weighted by Crippen LogP contribution is -2.39. The van der Waals surface area contributed by atoms with E-state index in [2.05, 4.69) is 43.9 Å². The summed E-state index contributed by atoms with van der Waals surface area (Å²) in [6, 6.07) is 10.2. The summed E-state index contributed by atoms with van der Waals surface area (Å²) >= 11 is 0. The van der Waals surface area contributed by atoms with Gasteiger partial charge in [0, 0.05) is 18.3 Å². The molecule has 3 aromatic rings. The fourth-order valence-electron chi connectivity index (χ4n) is 3.15. The maximum atomic E-state index is 12.6. The number of hydrogen-bond acceptors (Lipinski definition) is 5. The highest BCUT2D eigenvalue weighted by atomic mass is 16.2. The van der Waals surface area contributed by atoms with Crippen molar-refractivity contribution in [3.63, 3.8) is 0 Å². The van der Waals surface area contributed by atoms with E-state index in [-0.39, 0.29) is 11.9 Å². The van der Waals surface area contributed by atoms with Crippen molar-refractivity contribution in [2.24, 2.45) is 0 Å². The summed E-state index contributed by atoms with van der Waals surface area (Å²) in [5.41, 5.74) is 3.77. The van der Waals surface area contributed by atoms with Gasteiger partial charge in [0.05, 0.1) is 0 Å². The van der Waals surface area contributed by atoms with E-state index in [0.717, 1.165) is 18.7 Å². The van der Waals surface area contributed by atoms with Crippen LogP contribution < -0.4 is 10.6 Å². The summed E-state index contributed by atoms with van der Waals surface area (Å²) in [4.78, 5) is 20.9. The molecule has 24 heavy (non-hydrogen) atoms. The van der Waals surface area contributed by atoms with Crippen LogP contribution >= 0.6 is 0 Å². The maximum Gasteiger partial charge on any atom is 0.270 e. The average molecular weight is 322 g/mol. The van der Waals surface area contributed by atoms with Crippen LogP contribution in [0.15, 0.2) is 36.7 Å². The van der Waals surface area contributed by atoms with Crippen LogP contribution in [0.3, 0.4) is 0 Å². The third-order valence-corrected chi connectivity index (χ3v) is 4.29. The van der Waals surface area contributed by atoms with E-state index >= 15 is 0 Å². The highest BCUT2D eigenvalue weighted by Gasteiger charge is 2.21. The summed E-state index contributed by atoms with van der Waals surface area (Å²) in [5, 5.41) is 10.5. The zero-order chi connectivity index (χ0) is 16.5. The predicted octanol–water partition coefficient (Wildman–Crippen LogP) is 1.05. The lowest BCUT2D eigenvalue weighted by atomic mass is 9.94. The average Bonchev–Trinajstić information content (AvgIpc) is 3.07. The van der Waals surface area contributed by atoms with Crippen molar-refractivity contribution < 1.29 is 4.79 Å². The fraction of sp³-hybridized carbons (Fsp3) is 0.294. The monoisotopic (exact) mass is 322 g/mol. The molecule has 1 atom stereocenters. The topological polar surface area (TPSA) is 84.2 Å². The normalized spacial score (nSPS) is 16.8. The number of nitrogens with zero attached hydrogens (tertiary/aromatic N) is 4. The molecule has 0 aliphatic carbocycles. The molecular formula is C17H18N6O. The Labute approximate surface area is 139 Å². The number of carbonyl (C=O) groups is 1. The van der Waals surface area contributed by atoms with Gasteiger partial charge in [-0.2, -0.15) is 14.6 Å². The van der Waals surface area contributed by atoms with Crippen LogP contribution in [-0.4, -0.2) is 38.6 Å². The minimum atomic E-state index is -0.180. The molecule has 4 rings (SSSR count). The van der Waals surface area contributed by atoms with Crippen LogP contribution in [0, 0.1) is 6.92 Å². The van der Waals surface area contributed by atoms with Gasteiger partial charge in [-0.15, -0.1) is 0 Å². The second kappa shape index (κ2) is 6.01. The first-order valence-electron chi connectivity index (χ1n) is 7.99. The van der Waals surface area contributed by atoms with Crippen molar-refractivity contribution in [3.8, 4) is 0 Å². The van der Waals surface area contributed by atoms with Crippen molar-refractivity contribution in [2.45, 2.75) is 19.4 Å². The Bertz CT molecular complexity index is 903. The molecule has 1 aromatic carbocycles. The molecule has 2 aromatic heterocycles. The first-order chi connectivity index (χ1) is 11.7. The van der Waals surface area contributed by atoms with E-state index in [1.807, 2.05) is 13.0 Å². The van der Waals surface area contributed by atoms with Crippen LogP contribution in [-0.2, 0) is 6.42 Å². The standard InChI is InChI=1S/C17H18N6O/c1-11-8-15(23-17(22-11)20-10-21-23)16(24)19-9-14-13-5-3-2-4-12(13)6-7-18-14/h2-5,8,10,14,18H,6-7,9H2,1H3,(H,19,24). The van der Waals surface area contributed by atoms with E-state index in [9.17, 15) is 4.79 Å². The van der Waals surface area contributed by atoms with E-state index in [0.29, 0.717) is 18.0 Å². The highest BCUT2D eigenvalue weighted by molar-refractivity contribution is 5.93. The Kier molecular flexibility index (Phi) is 3.70. The first kappa shape index (κ1) is 14.8. The second-order valence-corrected chi connectivity index (χ2v) is 5.92. The molecule has 7 heteroatoms. The summed E-state index contributed by atoms with van der Waals surface area (Å²) in [6.07, 6.45) is 2.42. The first-order valence-corrected chi connectivity index (χ1v) is 7.99. The number of nitrogens with one attached hydrogen (secondary N) is 2. The number of aryl methyl sites for hydroxylation is 1. The number of fused-ring (bicyclic) bond motifs is 2. The Hall–Kier alpha value is -2.80. The van der Waals surface area contributed by atoms with Gasteiger partial charge < -0.3 is 10.6 Å². The second-order valence-electron chi connectivity index (χ2n) is 5.92. The lowest BCUT2D eigenvalue weighted by molar-refractivity contribution is 0.0941. The molecule has 0 saturated heterocycles. The lowest BCUT2D eigenvalue weighted by Gasteiger charge is -2.27. The number of hydrogen-bond donors (Lipinski definition) is 2. The van der Waals surface area contributed by atoms with Gasteiger partial charge >= 0.3 is 0 Å². The minimum absolute atomic E-state index is 0.119. The third-order valence-electron chi connectivity index (χ3n) is 4.29. The summed E-state index contributed by atoms with van der Waals surface area (Å²) in [6.45, 7) is 3.27. The molecule has 1 aliphatic heterocycles. The van der Waals surface area contributed by atoms with E-state index in [4.69, 9.17) is 0 Å². The molecule has 3 heterocycles. The summed E-state index contributed by atoms with van der Waals surface area (Å²) in [7, 11) is 0. The maximum absolute atomic E-state index is 12.6. The molecule has 1 aliphatic rings. The van der Waals surface area contributed by atoms with Crippen LogP contribution in [0.25, 0.3) is 5.78 Å². The van der Waals surface area contributed by atoms with Gasteiger partial charge in [-0.05, 0) is 37.1 Å². The molecular weight excluding hydrogens is 304 g/mol. The molecule has 0 saturated carbocycles. The number of amides is 1. The van der Waals surface area contributed by atoms with Crippen molar-refractivity contribution >= 4 is 11.7 Å². The van der Waals surface area contributed by atoms with Crippen LogP contribution in [0.1, 0.15) is 33.4 Å². The fourth-order valence-corrected chi connectivity index (χ4v) is 3.15. The SMILES string of the molecule is Cc1cc(C(=O)NCC2NCCc3ccccc32)n2ncnc2n1. The van der Waals surface area contributed by atoms with Gasteiger partial charge in [0.15, 0.2) is 0 Å². The Morgan fingerprint density at radius 3 is 3.21 bits per heavy atom. The molecule has 1 unspecified atom stereocenters.